The Bertz CT molecular complexity index is 1420. The van der Waals surface area contributed by atoms with Crippen LogP contribution < -0.4 is 0 Å². The van der Waals surface area contributed by atoms with Crippen LogP contribution in [0.1, 0.15) is 258 Å². The van der Waals surface area contributed by atoms with Gasteiger partial charge in [0.05, 0.1) is 19.8 Å². The van der Waals surface area contributed by atoms with E-state index in [2.05, 4.69) is 98.9 Å². The first-order valence-electron chi connectivity index (χ1n) is 30.7. The molecule has 0 radical (unpaired) electrons. The number of unbranched alkanes of at least 4 members (excludes halogenated alkanes) is 28. The smallest absolute Gasteiger partial charge is 0.306 e. The van der Waals surface area contributed by atoms with Crippen molar-refractivity contribution < 1.29 is 44.2 Å². The van der Waals surface area contributed by atoms with Crippen LogP contribution in [0, 0.1) is 0 Å². The van der Waals surface area contributed by atoms with E-state index in [9.17, 15) is 25.2 Å². The first-order chi connectivity index (χ1) is 36.4. The van der Waals surface area contributed by atoms with Crippen LogP contribution in [-0.2, 0) is 23.7 Å². The normalized spacial score (nSPS) is 19.1. The van der Waals surface area contributed by atoms with Crippen molar-refractivity contribution in [2.24, 2.45) is 0 Å². The zero-order chi connectivity index (χ0) is 53.5. The van der Waals surface area contributed by atoms with Crippen LogP contribution in [0.15, 0.2) is 85.1 Å². The van der Waals surface area contributed by atoms with Gasteiger partial charge in [-0.2, -0.15) is 0 Å². The largest absolute Gasteiger partial charge is 0.457 e. The molecule has 0 aromatic heterocycles. The van der Waals surface area contributed by atoms with E-state index in [1.807, 2.05) is 0 Å². The van der Waals surface area contributed by atoms with Crippen molar-refractivity contribution in [3.05, 3.63) is 85.1 Å². The number of hydrogen-bond donors (Lipinski definition) is 4. The molecule has 74 heavy (non-hydrogen) atoms. The monoisotopic (exact) mass is 1040 g/mol. The van der Waals surface area contributed by atoms with Gasteiger partial charge in [0.2, 0.25) is 0 Å². The lowest BCUT2D eigenvalue weighted by Crippen LogP contribution is -2.59. The summed E-state index contributed by atoms with van der Waals surface area (Å²) in [6.07, 6.45) is 69.2. The Hall–Kier alpha value is -2.63. The summed E-state index contributed by atoms with van der Waals surface area (Å²) >= 11 is 0. The number of carbonyl (C=O) groups is 1. The first-order valence-corrected chi connectivity index (χ1v) is 30.7. The van der Waals surface area contributed by atoms with Crippen molar-refractivity contribution in [2.45, 2.75) is 295 Å². The van der Waals surface area contributed by atoms with Gasteiger partial charge in [0.25, 0.3) is 0 Å². The standard InChI is InChI=1S/C65H114O9/c1-3-5-7-9-11-13-15-17-19-21-23-25-27-29-31-33-35-37-39-41-43-45-47-49-51-53-55-71-57-59(58-72-65-64(70)63(69)62(68)60(56-66)74-65)73-61(67)54-52-50-48-46-44-42-40-38-36-34-32-30-28-26-24-22-20-18-16-14-12-10-8-6-4-2/h5,7,11,13,16-19,22-25,28,30,59-60,62-66,68-70H,3-4,6,8-10,12,14-15,20-21,26-27,29,31-58H2,1-2H3/b7-5-,13-11-,18-16-,19-17-,24-22-,25-23-,30-28-. The summed E-state index contributed by atoms with van der Waals surface area (Å²) < 4.78 is 23.0. The Labute approximate surface area is 454 Å². The SMILES string of the molecule is CC/C=C\C/C=C\C/C=C\C/C=C\CCCCCCCCCCCCCCCOCC(COC1OC(CO)C(O)C(O)C1O)OC(=O)CCCCCCCCCCCC/C=C\C/C=C\C/C=C\CCCCCCC. The van der Waals surface area contributed by atoms with Crippen molar-refractivity contribution in [2.75, 3.05) is 26.4 Å². The lowest BCUT2D eigenvalue weighted by molar-refractivity contribution is -0.305. The minimum absolute atomic E-state index is 0.118. The lowest BCUT2D eigenvalue weighted by Gasteiger charge is -2.39. The van der Waals surface area contributed by atoms with Gasteiger partial charge in [0.15, 0.2) is 6.29 Å². The second kappa shape index (κ2) is 55.1. The fourth-order valence-electron chi connectivity index (χ4n) is 9.08. The highest BCUT2D eigenvalue weighted by Gasteiger charge is 2.44. The summed E-state index contributed by atoms with van der Waals surface area (Å²) in [6.45, 7) is 4.45. The fourth-order valence-corrected chi connectivity index (χ4v) is 9.08. The van der Waals surface area contributed by atoms with Crippen LogP contribution in [0.5, 0.6) is 0 Å². The second-order valence-electron chi connectivity index (χ2n) is 20.8. The van der Waals surface area contributed by atoms with Crippen LogP contribution in [0.25, 0.3) is 0 Å². The Morgan fingerprint density at radius 1 is 0.446 bits per heavy atom. The van der Waals surface area contributed by atoms with Crippen molar-refractivity contribution in [1.29, 1.82) is 0 Å². The van der Waals surface area contributed by atoms with Crippen molar-refractivity contribution in [3.63, 3.8) is 0 Å². The molecule has 0 spiro atoms. The molecule has 1 saturated heterocycles. The maximum atomic E-state index is 12.9. The molecule has 0 amide bonds. The topological polar surface area (TPSA) is 135 Å². The molecular weight excluding hydrogens is 925 g/mol. The Balaban J connectivity index is 2.14. The van der Waals surface area contributed by atoms with Crippen LogP contribution in [0.4, 0.5) is 0 Å². The third-order valence-corrected chi connectivity index (χ3v) is 13.8. The molecule has 6 atom stereocenters. The van der Waals surface area contributed by atoms with Crippen LogP contribution in [-0.4, -0.2) is 89.6 Å². The average molecular weight is 1040 g/mol. The molecule has 0 aliphatic carbocycles. The second-order valence-corrected chi connectivity index (χ2v) is 20.8. The number of rotatable bonds is 53. The van der Waals surface area contributed by atoms with Gasteiger partial charge in [0, 0.05) is 13.0 Å². The number of carbonyl (C=O) groups excluding carboxylic acids is 1. The molecule has 9 heteroatoms. The van der Waals surface area contributed by atoms with E-state index in [-0.39, 0.29) is 19.2 Å². The number of esters is 1. The summed E-state index contributed by atoms with van der Waals surface area (Å²) in [4.78, 5) is 12.9. The molecule has 1 aliphatic rings. The van der Waals surface area contributed by atoms with Crippen molar-refractivity contribution >= 4 is 5.97 Å². The molecule has 6 unspecified atom stereocenters. The van der Waals surface area contributed by atoms with E-state index in [0.717, 1.165) is 70.6 Å². The molecule has 0 aromatic rings. The molecule has 1 aliphatic heterocycles. The summed E-state index contributed by atoms with van der Waals surface area (Å²) in [6, 6.07) is 0. The van der Waals surface area contributed by atoms with Crippen molar-refractivity contribution in [3.8, 4) is 0 Å². The highest BCUT2D eigenvalue weighted by Crippen LogP contribution is 2.23. The lowest BCUT2D eigenvalue weighted by atomic mass is 9.99. The Morgan fingerprint density at radius 3 is 1.24 bits per heavy atom. The van der Waals surface area contributed by atoms with Gasteiger partial charge in [0.1, 0.15) is 30.5 Å². The van der Waals surface area contributed by atoms with E-state index >= 15 is 0 Å². The molecule has 0 bridgehead atoms. The molecule has 1 rings (SSSR count). The summed E-state index contributed by atoms with van der Waals surface area (Å²) in [5.74, 6) is -0.317. The fraction of sp³-hybridized carbons (Fsp3) is 0.769. The molecule has 0 saturated carbocycles. The van der Waals surface area contributed by atoms with Gasteiger partial charge in [-0.05, 0) is 89.9 Å². The average Bonchev–Trinajstić information content (AvgIpc) is 3.40. The maximum Gasteiger partial charge on any atom is 0.306 e. The van der Waals surface area contributed by atoms with Crippen LogP contribution in [0.2, 0.25) is 0 Å². The molecule has 9 nitrogen and oxygen atoms in total. The van der Waals surface area contributed by atoms with Gasteiger partial charge in [-0.25, -0.2) is 0 Å². The van der Waals surface area contributed by atoms with E-state index in [1.54, 1.807) is 0 Å². The number of aliphatic hydroxyl groups excluding tert-OH is 4. The minimum Gasteiger partial charge on any atom is -0.457 e. The highest BCUT2D eigenvalue weighted by molar-refractivity contribution is 5.69. The Kier molecular flexibility index (Phi) is 51.7. The van der Waals surface area contributed by atoms with Gasteiger partial charge in [-0.3, -0.25) is 4.79 Å². The quantitative estimate of drug-likeness (QED) is 0.0267. The number of ether oxygens (including phenoxy) is 4. The van der Waals surface area contributed by atoms with E-state index in [1.165, 1.54) is 167 Å². The van der Waals surface area contributed by atoms with Gasteiger partial charge in [-0.1, -0.05) is 247 Å². The summed E-state index contributed by atoms with van der Waals surface area (Å²) in [7, 11) is 0. The third kappa shape index (κ3) is 44.5. The number of aliphatic hydroxyl groups is 4. The minimum atomic E-state index is -1.54. The number of hydrogen-bond acceptors (Lipinski definition) is 9. The van der Waals surface area contributed by atoms with E-state index in [4.69, 9.17) is 18.9 Å². The molecule has 1 heterocycles. The molecule has 428 valence electrons. The van der Waals surface area contributed by atoms with Crippen LogP contribution >= 0.6 is 0 Å². The Morgan fingerprint density at radius 2 is 0.824 bits per heavy atom. The molecule has 0 aromatic carbocycles. The number of allylic oxidation sites excluding steroid dienone is 14. The van der Waals surface area contributed by atoms with Gasteiger partial charge in [-0.15, -0.1) is 0 Å². The van der Waals surface area contributed by atoms with E-state index < -0.39 is 43.4 Å². The van der Waals surface area contributed by atoms with Gasteiger partial charge >= 0.3 is 5.97 Å². The maximum absolute atomic E-state index is 12.9. The van der Waals surface area contributed by atoms with Crippen LogP contribution in [0.3, 0.4) is 0 Å². The third-order valence-electron chi connectivity index (χ3n) is 13.8. The molecule has 1 fully saturated rings. The van der Waals surface area contributed by atoms with E-state index in [0.29, 0.717) is 13.0 Å². The zero-order valence-electron chi connectivity index (χ0n) is 47.6. The highest BCUT2D eigenvalue weighted by atomic mass is 16.7. The predicted octanol–water partition coefficient (Wildman–Crippen LogP) is 16.5. The predicted molar refractivity (Wildman–Crippen MR) is 311 cm³/mol. The first kappa shape index (κ1) is 69.4. The zero-order valence-corrected chi connectivity index (χ0v) is 47.6. The molecular formula is C65H114O9. The molecule has 4 N–H and O–H groups in total. The summed E-state index contributed by atoms with van der Waals surface area (Å²) in [5, 5.41) is 40.4. The summed E-state index contributed by atoms with van der Waals surface area (Å²) in [5.41, 5.74) is 0. The van der Waals surface area contributed by atoms with Gasteiger partial charge < -0.3 is 39.4 Å². The van der Waals surface area contributed by atoms with Crippen molar-refractivity contribution in [1.82, 2.24) is 0 Å².